The fraction of sp³-hybridized carbons (Fsp3) is 0.700. The number of carbonyl (C=O) groups excluding carboxylic acids is 1. The molecule has 1 aliphatic heterocycles. The second-order valence-electron chi connectivity index (χ2n) is 7.04. The van der Waals surface area contributed by atoms with Crippen LogP contribution in [0.3, 0.4) is 0 Å². The molecule has 1 aliphatic carbocycles. The quantitative estimate of drug-likeness (QED) is 0.706. The van der Waals surface area contributed by atoms with Gasteiger partial charge in [-0.15, -0.1) is 0 Å². The summed E-state index contributed by atoms with van der Waals surface area (Å²) in [6, 6.07) is 0. The number of aliphatic hydroxyl groups is 1. The summed E-state index contributed by atoms with van der Waals surface area (Å²) in [5.74, 6) is 0.0722. The second kappa shape index (κ2) is 10.5. The minimum atomic E-state index is -0.179. The molecule has 0 aromatic heterocycles. The summed E-state index contributed by atoms with van der Waals surface area (Å²) in [4.78, 5) is 18.2. The van der Waals surface area contributed by atoms with E-state index in [1.807, 2.05) is 0 Å². The smallest absolute Gasteiger partial charge is 0.151 e. The van der Waals surface area contributed by atoms with E-state index in [1.165, 1.54) is 0 Å². The zero-order chi connectivity index (χ0) is 18.9. The first-order chi connectivity index (χ1) is 12.6. The minimum Gasteiger partial charge on any atom is -0.397 e. The highest BCUT2D eigenvalue weighted by Gasteiger charge is 2.25. The number of carbonyl (C=O) groups is 1. The van der Waals surface area contributed by atoms with Gasteiger partial charge in [-0.1, -0.05) is 19.4 Å². The van der Waals surface area contributed by atoms with Crippen molar-refractivity contribution in [1.82, 2.24) is 4.90 Å². The summed E-state index contributed by atoms with van der Waals surface area (Å²) >= 11 is 0. The number of morpholine rings is 1. The van der Waals surface area contributed by atoms with E-state index >= 15 is 0 Å². The van der Waals surface area contributed by atoms with E-state index in [1.54, 1.807) is 6.92 Å². The van der Waals surface area contributed by atoms with E-state index in [4.69, 9.17) is 10.5 Å². The fourth-order valence-electron chi connectivity index (χ4n) is 3.54. The zero-order valence-electron chi connectivity index (χ0n) is 16.2. The lowest BCUT2D eigenvalue weighted by atomic mass is 10.00. The molecule has 2 aliphatic rings. The number of rotatable bonds is 6. The van der Waals surface area contributed by atoms with Gasteiger partial charge in [0.05, 0.1) is 37.3 Å². The van der Waals surface area contributed by atoms with Gasteiger partial charge in [0, 0.05) is 18.8 Å². The average molecular weight is 364 g/mol. The molecule has 6 heteroatoms. The fourth-order valence-corrected chi connectivity index (χ4v) is 3.54. The molecule has 1 unspecified atom stereocenters. The van der Waals surface area contributed by atoms with Crippen LogP contribution in [0.2, 0.25) is 0 Å². The van der Waals surface area contributed by atoms with E-state index in [0.29, 0.717) is 13.2 Å². The Hall–Kier alpha value is -1.66. The highest BCUT2D eigenvalue weighted by molar-refractivity contribution is 6.02. The molecule has 26 heavy (non-hydrogen) atoms. The Balaban J connectivity index is 2.35. The molecule has 2 rings (SSSR count). The van der Waals surface area contributed by atoms with Crippen molar-refractivity contribution in [2.24, 2.45) is 10.7 Å². The first-order valence-electron chi connectivity index (χ1n) is 9.76. The Morgan fingerprint density at radius 3 is 2.85 bits per heavy atom. The van der Waals surface area contributed by atoms with Crippen LogP contribution in [0.5, 0.6) is 0 Å². The Labute approximate surface area is 156 Å². The van der Waals surface area contributed by atoms with Crippen molar-refractivity contribution in [2.75, 3.05) is 32.8 Å². The Bertz CT molecular complexity index is 581. The Morgan fingerprint density at radius 1 is 1.38 bits per heavy atom. The van der Waals surface area contributed by atoms with Gasteiger partial charge >= 0.3 is 0 Å². The van der Waals surface area contributed by atoms with Gasteiger partial charge in [0.15, 0.2) is 5.78 Å². The van der Waals surface area contributed by atoms with Gasteiger partial charge in [0.2, 0.25) is 0 Å². The van der Waals surface area contributed by atoms with Crippen molar-refractivity contribution >= 4 is 11.5 Å². The number of nitrogens with zero attached hydrogens (tertiary/aromatic N) is 2. The van der Waals surface area contributed by atoms with Gasteiger partial charge in [-0.3, -0.25) is 9.79 Å². The maximum Gasteiger partial charge on any atom is 0.151 e. The van der Waals surface area contributed by atoms with Crippen molar-refractivity contribution in [3.8, 4) is 0 Å². The van der Waals surface area contributed by atoms with E-state index in [-0.39, 0.29) is 25.0 Å². The lowest BCUT2D eigenvalue weighted by Crippen LogP contribution is -2.44. The third-order valence-electron chi connectivity index (χ3n) is 4.86. The lowest BCUT2D eigenvalue weighted by molar-refractivity contribution is -0.115. The summed E-state index contributed by atoms with van der Waals surface area (Å²) in [6.45, 7) is 5.88. The lowest BCUT2D eigenvalue weighted by Gasteiger charge is -2.36. The highest BCUT2D eigenvalue weighted by Crippen LogP contribution is 2.27. The van der Waals surface area contributed by atoms with Crippen LogP contribution in [0.25, 0.3) is 0 Å². The molecule has 1 saturated carbocycles. The van der Waals surface area contributed by atoms with Gasteiger partial charge < -0.3 is 20.5 Å². The van der Waals surface area contributed by atoms with Crippen LogP contribution < -0.4 is 5.73 Å². The Morgan fingerprint density at radius 2 is 2.15 bits per heavy atom. The molecule has 1 saturated heterocycles. The van der Waals surface area contributed by atoms with Gasteiger partial charge in [0.1, 0.15) is 0 Å². The molecule has 0 amide bonds. The highest BCUT2D eigenvalue weighted by atomic mass is 16.5. The topological polar surface area (TPSA) is 88.2 Å². The van der Waals surface area contributed by atoms with Gasteiger partial charge in [-0.2, -0.15) is 0 Å². The summed E-state index contributed by atoms with van der Waals surface area (Å²) < 4.78 is 5.58. The number of ketones is 1. The number of aliphatic hydroxyl groups excluding tert-OH is 1. The molecule has 0 radical (unpaired) electrons. The summed E-state index contributed by atoms with van der Waals surface area (Å²) in [5, 5.41) is 9.44. The van der Waals surface area contributed by atoms with E-state index in [0.717, 1.165) is 67.7 Å². The molecule has 3 N–H and O–H groups in total. The normalized spacial score (nSPS) is 26.0. The van der Waals surface area contributed by atoms with Crippen molar-refractivity contribution in [3.05, 3.63) is 23.0 Å². The molecular weight excluding hydrogens is 330 g/mol. The first-order valence-corrected chi connectivity index (χ1v) is 9.76. The van der Waals surface area contributed by atoms with Crippen molar-refractivity contribution in [3.63, 3.8) is 0 Å². The molecule has 2 fully saturated rings. The third kappa shape index (κ3) is 5.68. The molecule has 0 aromatic carbocycles. The van der Waals surface area contributed by atoms with Crippen LogP contribution in [0, 0.1) is 0 Å². The van der Waals surface area contributed by atoms with E-state index < -0.39 is 0 Å². The van der Waals surface area contributed by atoms with Crippen molar-refractivity contribution < 1.29 is 14.6 Å². The largest absolute Gasteiger partial charge is 0.397 e. The molecule has 0 bridgehead atoms. The monoisotopic (exact) mass is 363 g/mol. The molecule has 6 nitrogen and oxygen atoms in total. The number of ether oxygens (including phenoxy) is 1. The second-order valence-corrected chi connectivity index (χ2v) is 7.04. The number of allylic oxidation sites excluding steroid dienone is 2. The van der Waals surface area contributed by atoms with Crippen LogP contribution in [0.15, 0.2) is 28.0 Å². The summed E-state index contributed by atoms with van der Waals surface area (Å²) in [7, 11) is 0. The van der Waals surface area contributed by atoms with Crippen LogP contribution in [0.1, 0.15) is 52.4 Å². The average Bonchev–Trinajstić information content (AvgIpc) is 2.89. The van der Waals surface area contributed by atoms with Crippen LogP contribution >= 0.6 is 0 Å². The van der Waals surface area contributed by atoms with Crippen molar-refractivity contribution in [1.29, 1.82) is 0 Å². The molecule has 1 atom stereocenters. The molecule has 1 heterocycles. The molecular formula is C20H33N3O3. The first kappa shape index (κ1) is 20.6. The SMILES string of the molecule is CC/C=C(/C(N)=C1\CCCCCC1=NCC(C)=O)N1CCOC(CO)C1. The molecule has 146 valence electrons. The number of nitrogens with two attached hydrogens (primary N) is 1. The van der Waals surface area contributed by atoms with E-state index in [9.17, 15) is 9.90 Å². The predicted molar refractivity (Wildman–Crippen MR) is 104 cm³/mol. The molecule has 0 spiro atoms. The van der Waals surface area contributed by atoms with Crippen LogP contribution in [0.4, 0.5) is 0 Å². The number of aliphatic imine (C=N–C) groups is 1. The van der Waals surface area contributed by atoms with Gasteiger partial charge in [-0.25, -0.2) is 0 Å². The summed E-state index contributed by atoms with van der Waals surface area (Å²) in [5.41, 5.74) is 10.5. The number of Topliss-reactive ketones (excluding diaryl/α,β-unsaturated/α-hetero) is 1. The minimum absolute atomic E-state index is 0.0116. The zero-order valence-corrected chi connectivity index (χ0v) is 16.2. The predicted octanol–water partition coefficient (Wildman–Crippen LogP) is 2.18. The van der Waals surface area contributed by atoms with Crippen LogP contribution in [-0.2, 0) is 9.53 Å². The Kier molecular flexibility index (Phi) is 8.32. The third-order valence-corrected chi connectivity index (χ3v) is 4.86. The maximum absolute atomic E-state index is 11.4. The summed E-state index contributed by atoms with van der Waals surface area (Å²) in [6.07, 6.45) is 7.97. The van der Waals surface area contributed by atoms with Gasteiger partial charge in [0.25, 0.3) is 0 Å². The molecule has 0 aromatic rings. The van der Waals surface area contributed by atoms with E-state index in [2.05, 4.69) is 22.9 Å². The van der Waals surface area contributed by atoms with Crippen LogP contribution in [-0.4, -0.2) is 60.5 Å². The number of hydrogen-bond acceptors (Lipinski definition) is 6. The van der Waals surface area contributed by atoms with Gasteiger partial charge in [-0.05, 0) is 44.6 Å². The van der Waals surface area contributed by atoms with Crippen molar-refractivity contribution in [2.45, 2.75) is 58.5 Å². The standard InChI is InChI=1S/C20H33N3O3/c1-3-7-19(23-10-11-26-16(13-23)14-24)20(21)17-8-5-4-6-9-18(17)22-12-15(2)25/h7,16,24H,3-6,8-14,21H2,1-2H3/b19-7-,20-17-,22-18?. The maximum atomic E-state index is 11.4. The number of hydrogen-bond donors (Lipinski definition) is 2.